The van der Waals surface area contributed by atoms with Gasteiger partial charge in [0, 0.05) is 32.4 Å². The van der Waals surface area contributed by atoms with E-state index in [9.17, 15) is 13.2 Å². The van der Waals surface area contributed by atoms with E-state index in [1.165, 1.54) is 25.3 Å². The third kappa shape index (κ3) is 5.47. The number of benzene rings is 1. The van der Waals surface area contributed by atoms with Crippen LogP contribution in [0, 0.1) is 0 Å². The lowest BCUT2D eigenvalue weighted by Crippen LogP contribution is -2.29. The van der Waals surface area contributed by atoms with E-state index in [1.54, 1.807) is 6.20 Å². The van der Waals surface area contributed by atoms with E-state index in [0.717, 1.165) is 44.0 Å². The topological polar surface area (TPSA) is 118 Å². The number of carbonyl (C=O) groups excluding carboxylic acids is 1. The molecule has 1 aromatic heterocycles. The van der Waals surface area contributed by atoms with Gasteiger partial charge in [-0.05, 0) is 49.8 Å². The first kappa shape index (κ1) is 22.0. The molecule has 1 saturated heterocycles. The van der Waals surface area contributed by atoms with Crippen LogP contribution in [-0.2, 0) is 16.6 Å². The van der Waals surface area contributed by atoms with Crippen LogP contribution in [0.25, 0.3) is 0 Å². The number of nitrogens with one attached hydrogen (secondary N) is 1. The number of pyridine rings is 1. The summed E-state index contributed by atoms with van der Waals surface area (Å²) in [7, 11) is -0.396. The molecule has 1 aromatic carbocycles. The van der Waals surface area contributed by atoms with E-state index in [2.05, 4.69) is 27.1 Å². The molecular formula is C20H27N5O4S. The van der Waals surface area contributed by atoms with Crippen LogP contribution in [0.4, 0.5) is 5.82 Å². The number of rotatable bonds is 6. The first-order valence-electron chi connectivity index (χ1n) is 9.65. The molecule has 9 nitrogen and oxygen atoms in total. The van der Waals surface area contributed by atoms with Gasteiger partial charge in [0.25, 0.3) is 5.91 Å². The smallest absolute Gasteiger partial charge is 0.255 e. The van der Waals surface area contributed by atoms with Crippen molar-refractivity contribution in [2.75, 3.05) is 45.2 Å². The molecule has 2 heterocycles. The first-order chi connectivity index (χ1) is 14.3. The number of hydrogen-bond donors (Lipinski definition) is 2. The highest BCUT2D eigenvalue weighted by atomic mass is 32.2. The molecule has 3 rings (SSSR count). The summed E-state index contributed by atoms with van der Waals surface area (Å²) in [5.41, 5.74) is 0.933. The lowest BCUT2D eigenvalue weighted by atomic mass is 10.2. The van der Waals surface area contributed by atoms with Crippen molar-refractivity contribution in [2.24, 2.45) is 5.14 Å². The molecule has 0 atom stereocenters. The molecule has 1 aliphatic rings. The minimum absolute atomic E-state index is 0.0993. The number of anilines is 1. The third-order valence-corrected chi connectivity index (χ3v) is 5.96. The van der Waals surface area contributed by atoms with E-state index < -0.39 is 15.9 Å². The predicted octanol–water partition coefficient (Wildman–Crippen LogP) is 0.810. The van der Waals surface area contributed by atoms with Crippen LogP contribution < -0.4 is 20.1 Å². The van der Waals surface area contributed by atoms with Crippen LogP contribution in [0.15, 0.2) is 41.4 Å². The molecule has 0 unspecified atom stereocenters. The van der Waals surface area contributed by atoms with Gasteiger partial charge in [0.2, 0.25) is 10.0 Å². The van der Waals surface area contributed by atoms with Crippen LogP contribution in [0.1, 0.15) is 22.3 Å². The van der Waals surface area contributed by atoms with Crippen LogP contribution in [0.3, 0.4) is 0 Å². The second kappa shape index (κ2) is 9.41. The molecule has 0 bridgehead atoms. The Morgan fingerprint density at radius 2 is 2.00 bits per heavy atom. The Balaban J connectivity index is 1.66. The second-order valence-corrected chi connectivity index (χ2v) is 8.82. The van der Waals surface area contributed by atoms with Crippen molar-refractivity contribution in [3.05, 3.63) is 47.7 Å². The largest absolute Gasteiger partial charge is 0.496 e. The van der Waals surface area contributed by atoms with E-state index in [4.69, 9.17) is 9.88 Å². The average molecular weight is 434 g/mol. The first-order valence-corrected chi connectivity index (χ1v) is 11.2. The highest BCUT2D eigenvalue weighted by Crippen LogP contribution is 2.22. The van der Waals surface area contributed by atoms with E-state index >= 15 is 0 Å². The van der Waals surface area contributed by atoms with Gasteiger partial charge >= 0.3 is 0 Å². The van der Waals surface area contributed by atoms with Gasteiger partial charge in [-0.3, -0.25) is 4.79 Å². The Labute approximate surface area is 176 Å². The van der Waals surface area contributed by atoms with Crippen molar-refractivity contribution in [2.45, 2.75) is 17.9 Å². The molecule has 1 fully saturated rings. The van der Waals surface area contributed by atoms with Gasteiger partial charge in [-0.15, -0.1) is 0 Å². The molecule has 10 heteroatoms. The number of carbonyl (C=O) groups is 1. The zero-order chi connectivity index (χ0) is 21.7. The molecule has 0 radical (unpaired) electrons. The molecule has 3 N–H and O–H groups in total. The summed E-state index contributed by atoms with van der Waals surface area (Å²) in [5, 5.41) is 7.93. The maximum absolute atomic E-state index is 12.6. The quantitative estimate of drug-likeness (QED) is 0.692. The number of nitrogens with zero attached hydrogens (tertiary/aromatic N) is 3. The Hall–Kier alpha value is -2.69. The summed E-state index contributed by atoms with van der Waals surface area (Å²) in [6.45, 7) is 4.22. The van der Waals surface area contributed by atoms with Gasteiger partial charge in [0.1, 0.15) is 11.6 Å². The Bertz CT molecular complexity index is 995. The van der Waals surface area contributed by atoms with Crippen molar-refractivity contribution < 1.29 is 17.9 Å². The zero-order valence-corrected chi connectivity index (χ0v) is 18.0. The number of hydrogen-bond acceptors (Lipinski definition) is 7. The lowest BCUT2D eigenvalue weighted by molar-refractivity contribution is 0.0947. The average Bonchev–Trinajstić information content (AvgIpc) is 2.95. The molecule has 0 aliphatic carbocycles. The molecule has 0 spiro atoms. The number of nitrogens with two attached hydrogens (primary N) is 1. The number of sulfonamides is 1. The second-order valence-electron chi connectivity index (χ2n) is 7.26. The van der Waals surface area contributed by atoms with Gasteiger partial charge in [-0.2, -0.15) is 0 Å². The highest BCUT2D eigenvalue weighted by molar-refractivity contribution is 7.89. The monoisotopic (exact) mass is 433 g/mol. The summed E-state index contributed by atoms with van der Waals surface area (Å²) in [5.74, 6) is 0.722. The maximum Gasteiger partial charge on any atom is 0.255 e. The number of primary sulfonamides is 1. The van der Waals surface area contributed by atoms with Gasteiger partial charge < -0.3 is 19.9 Å². The minimum atomic E-state index is -3.93. The van der Waals surface area contributed by atoms with Crippen molar-refractivity contribution in [3.8, 4) is 5.75 Å². The molecule has 1 aliphatic heterocycles. The van der Waals surface area contributed by atoms with Gasteiger partial charge in [-0.25, -0.2) is 18.5 Å². The number of amides is 1. The van der Waals surface area contributed by atoms with E-state index in [0.29, 0.717) is 0 Å². The fraction of sp³-hybridized carbons (Fsp3) is 0.400. The van der Waals surface area contributed by atoms with Crippen LogP contribution >= 0.6 is 0 Å². The SMILES string of the molecule is COc1ccc(S(N)(=O)=O)cc1C(=O)NCc1ccc(N2CCCN(C)CC2)nc1. The normalized spacial score (nSPS) is 15.5. The summed E-state index contributed by atoms with van der Waals surface area (Å²) in [6.07, 6.45) is 2.83. The van der Waals surface area contributed by atoms with Crippen molar-refractivity contribution >= 4 is 21.7 Å². The summed E-state index contributed by atoms with van der Waals surface area (Å²) in [6, 6.07) is 7.79. The fourth-order valence-electron chi connectivity index (χ4n) is 3.30. The molecular weight excluding hydrogens is 406 g/mol. The van der Waals surface area contributed by atoms with E-state index in [-0.39, 0.29) is 22.8 Å². The molecule has 1 amide bonds. The van der Waals surface area contributed by atoms with E-state index in [1.807, 2.05) is 12.1 Å². The number of aromatic nitrogens is 1. The summed E-state index contributed by atoms with van der Waals surface area (Å²) >= 11 is 0. The Kier molecular flexibility index (Phi) is 6.91. The standard InChI is InChI=1S/C20H27N5O4S/c1-24-8-3-9-25(11-10-24)19-7-4-15(13-22-19)14-23-20(26)17-12-16(30(21,27)28)5-6-18(17)29-2/h4-7,12-13H,3,8-11,14H2,1-2H3,(H,23,26)(H2,21,27,28). The summed E-state index contributed by atoms with van der Waals surface area (Å²) in [4.78, 5) is 21.6. The third-order valence-electron chi connectivity index (χ3n) is 5.05. The van der Waals surface area contributed by atoms with Crippen molar-refractivity contribution in [1.29, 1.82) is 0 Å². The number of methoxy groups -OCH3 is 1. The minimum Gasteiger partial charge on any atom is -0.496 e. The Morgan fingerprint density at radius 3 is 2.67 bits per heavy atom. The highest BCUT2D eigenvalue weighted by Gasteiger charge is 2.18. The van der Waals surface area contributed by atoms with Gasteiger partial charge in [0.05, 0.1) is 17.6 Å². The maximum atomic E-state index is 12.6. The van der Waals surface area contributed by atoms with Crippen LogP contribution in [0.2, 0.25) is 0 Å². The molecule has 30 heavy (non-hydrogen) atoms. The molecule has 0 saturated carbocycles. The zero-order valence-electron chi connectivity index (χ0n) is 17.2. The molecule has 2 aromatic rings. The van der Waals surface area contributed by atoms with Crippen molar-refractivity contribution in [3.63, 3.8) is 0 Å². The predicted molar refractivity (Wildman–Crippen MR) is 114 cm³/mol. The summed E-state index contributed by atoms with van der Waals surface area (Å²) < 4.78 is 28.3. The fourth-order valence-corrected chi connectivity index (χ4v) is 3.84. The van der Waals surface area contributed by atoms with Gasteiger partial charge in [0.15, 0.2) is 0 Å². The van der Waals surface area contributed by atoms with Crippen LogP contribution in [0.5, 0.6) is 5.75 Å². The number of ether oxygens (including phenoxy) is 1. The van der Waals surface area contributed by atoms with Gasteiger partial charge in [-0.1, -0.05) is 6.07 Å². The Morgan fingerprint density at radius 1 is 1.20 bits per heavy atom. The lowest BCUT2D eigenvalue weighted by Gasteiger charge is -2.21. The molecule has 162 valence electrons. The number of likely N-dealkylation sites (N-methyl/N-ethyl adjacent to an activating group) is 1. The van der Waals surface area contributed by atoms with Crippen molar-refractivity contribution in [1.82, 2.24) is 15.2 Å². The van der Waals surface area contributed by atoms with Crippen LogP contribution in [-0.4, -0.2) is 64.5 Å².